The van der Waals surface area contributed by atoms with Gasteiger partial charge in [-0.3, -0.25) is 0 Å². The molecule has 0 saturated carbocycles. The summed E-state index contributed by atoms with van der Waals surface area (Å²) < 4.78 is 0. The third kappa shape index (κ3) is 3.77. The molecule has 1 aromatic carbocycles. The molecule has 0 amide bonds. The summed E-state index contributed by atoms with van der Waals surface area (Å²) in [6.45, 7) is 5.76. The zero-order chi connectivity index (χ0) is 13.8. The lowest BCUT2D eigenvalue weighted by Crippen LogP contribution is -2.39. The van der Waals surface area contributed by atoms with Crippen molar-refractivity contribution in [3.63, 3.8) is 0 Å². The summed E-state index contributed by atoms with van der Waals surface area (Å²) in [5.74, 6) is 0. The van der Waals surface area contributed by atoms with Gasteiger partial charge in [0.15, 0.2) is 0 Å². The van der Waals surface area contributed by atoms with E-state index in [1.54, 1.807) is 0 Å². The van der Waals surface area contributed by atoms with E-state index in [1.807, 2.05) is 12.1 Å². The number of halogens is 1. The number of benzene rings is 1. The third-order valence-corrected chi connectivity index (χ3v) is 4.07. The summed E-state index contributed by atoms with van der Waals surface area (Å²) in [5, 5.41) is 4.45. The molecule has 1 N–H and O–H groups in total. The second-order valence-corrected chi connectivity index (χ2v) is 5.85. The van der Waals surface area contributed by atoms with Crippen LogP contribution in [0.25, 0.3) is 0 Å². The van der Waals surface area contributed by atoms with Crippen LogP contribution in [0.2, 0.25) is 5.02 Å². The Morgan fingerprint density at radius 1 is 1.32 bits per heavy atom. The minimum atomic E-state index is 0.556. The molecule has 1 fully saturated rings. The fourth-order valence-corrected chi connectivity index (χ4v) is 2.80. The summed E-state index contributed by atoms with van der Waals surface area (Å²) in [5.41, 5.74) is 2.34. The molecule has 1 aromatic rings. The van der Waals surface area contributed by atoms with Crippen LogP contribution in [-0.2, 0) is 0 Å². The van der Waals surface area contributed by atoms with Crippen molar-refractivity contribution in [3.05, 3.63) is 23.2 Å². The molecule has 0 atom stereocenters. The Kier molecular flexibility index (Phi) is 4.94. The molecule has 0 aromatic heterocycles. The van der Waals surface area contributed by atoms with Gasteiger partial charge in [-0.05, 0) is 37.6 Å². The maximum absolute atomic E-state index is 6.12. The van der Waals surface area contributed by atoms with E-state index in [0.717, 1.165) is 17.3 Å². The van der Waals surface area contributed by atoms with E-state index < -0.39 is 0 Å². The van der Waals surface area contributed by atoms with E-state index in [1.165, 1.54) is 31.6 Å². The van der Waals surface area contributed by atoms with Gasteiger partial charge in [0.1, 0.15) is 0 Å². The highest BCUT2D eigenvalue weighted by Gasteiger charge is 2.19. The molecule has 1 saturated heterocycles. The van der Waals surface area contributed by atoms with Crippen LogP contribution in [0.5, 0.6) is 0 Å². The summed E-state index contributed by atoms with van der Waals surface area (Å²) >= 11 is 6.12. The predicted molar refractivity (Wildman–Crippen MR) is 84.5 cm³/mol. The summed E-state index contributed by atoms with van der Waals surface area (Å²) in [6, 6.07) is 6.61. The highest BCUT2D eigenvalue weighted by atomic mass is 35.5. The van der Waals surface area contributed by atoms with Gasteiger partial charge in [-0.1, -0.05) is 18.5 Å². The molecule has 3 nitrogen and oxygen atoms in total. The van der Waals surface area contributed by atoms with Gasteiger partial charge in [0, 0.05) is 38.2 Å². The number of hydrogen-bond acceptors (Lipinski definition) is 3. The molecule has 2 rings (SSSR count). The smallest absolute Gasteiger partial charge is 0.0597 e. The van der Waals surface area contributed by atoms with Crippen molar-refractivity contribution in [2.75, 3.05) is 43.9 Å². The Morgan fingerprint density at radius 3 is 2.58 bits per heavy atom. The van der Waals surface area contributed by atoms with Crippen LogP contribution in [0.4, 0.5) is 11.4 Å². The van der Waals surface area contributed by atoms with Crippen LogP contribution in [0.3, 0.4) is 0 Å². The van der Waals surface area contributed by atoms with Crippen LogP contribution < -0.4 is 10.2 Å². The molecule has 0 unspecified atom stereocenters. The van der Waals surface area contributed by atoms with Gasteiger partial charge in [0.25, 0.3) is 0 Å². The molecule has 1 aliphatic heterocycles. The summed E-state index contributed by atoms with van der Waals surface area (Å²) in [4.78, 5) is 4.63. The molecule has 0 bridgehead atoms. The highest BCUT2D eigenvalue weighted by molar-refractivity contribution is 6.31. The largest absolute Gasteiger partial charge is 0.380 e. The van der Waals surface area contributed by atoms with E-state index in [-0.39, 0.29) is 0 Å². The first-order chi connectivity index (χ1) is 9.10. The van der Waals surface area contributed by atoms with Crippen molar-refractivity contribution in [1.29, 1.82) is 0 Å². The average molecular weight is 282 g/mol. The molecule has 1 heterocycles. The standard InChI is InChI=1S/C15H24ClN3/c1-4-19-9-7-13(8-10-19)17-14-11-12(16)5-6-15(14)18(2)3/h5-6,11,13,17H,4,7-10H2,1-3H3. The zero-order valence-electron chi connectivity index (χ0n) is 12.1. The molecule has 1 aliphatic rings. The maximum Gasteiger partial charge on any atom is 0.0597 e. The van der Waals surface area contributed by atoms with E-state index in [2.05, 4.69) is 42.2 Å². The Morgan fingerprint density at radius 2 is 2.00 bits per heavy atom. The highest BCUT2D eigenvalue weighted by Crippen LogP contribution is 2.29. The van der Waals surface area contributed by atoms with Gasteiger partial charge in [-0.2, -0.15) is 0 Å². The summed E-state index contributed by atoms with van der Waals surface area (Å²) in [7, 11) is 4.13. The SMILES string of the molecule is CCN1CCC(Nc2cc(Cl)ccc2N(C)C)CC1. The minimum Gasteiger partial charge on any atom is -0.380 e. The van der Waals surface area contributed by atoms with Crippen molar-refractivity contribution < 1.29 is 0 Å². The van der Waals surface area contributed by atoms with Crippen LogP contribution in [0, 0.1) is 0 Å². The number of nitrogens with zero attached hydrogens (tertiary/aromatic N) is 2. The Bertz CT molecular complexity index is 412. The van der Waals surface area contributed by atoms with Crippen LogP contribution >= 0.6 is 11.6 Å². The normalized spacial score (nSPS) is 17.5. The Balaban J connectivity index is 2.04. The maximum atomic E-state index is 6.12. The van der Waals surface area contributed by atoms with E-state index >= 15 is 0 Å². The second kappa shape index (κ2) is 6.49. The molecule has 4 heteroatoms. The topological polar surface area (TPSA) is 18.5 Å². The number of hydrogen-bond donors (Lipinski definition) is 1. The molecule has 0 radical (unpaired) electrons. The van der Waals surface area contributed by atoms with Crippen molar-refractivity contribution in [3.8, 4) is 0 Å². The fraction of sp³-hybridized carbons (Fsp3) is 0.600. The zero-order valence-corrected chi connectivity index (χ0v) is 12.9. The fourth-order valence-electron chi connectivity index (χ4n) is 2.63. The molecule has 106 valence electrons. The van der Waals surface area contributed by atoms with E-state index in [0.29, 0.717) is 6.04 Å². The van der Waals surface area contributed by atoms with E-state index in [4.69, 9.17) is 11.6 Å². The quantitative estimate of drug-likeness (QED) is 0.914. The minimum absolute atomic E-state index is 0.556. The van der Waals surface area contributed by atoms with Gasteiger partial charge in [0.2, 0.25) is 0 Å². The lowest BCUT2D eigenvalue weighted by atomic mass is 10.0. The van der Waals surface area contributed by atoms with Crippen molar-refractivity contribution in [2.45, 2.75) is 25.8 Å². The number of rotatable bonds is 4. The molecular formula is C15H24ClN3. The van der Waals surface area contributed by atoms with Gasteiger partial charge < -0.3 is 15.1 Å². The molecule has 19 heavy (non-hydrogen) atoms. The first kappa shape index (κ1) is 14.5. The number of nitrogens with one attached hydrogen (secondary N) is 1. The molecular weight excluding hydrogens is 258 g/mol. The number of piperidine rings is 1. The van der Waals surface area contributed by atoms with E-state index in [9.17, 15) is 0 Å². The lowest BCUT2D eigenvalue weighted by molar-refractivity contribution is 0.229. The second-order valence-electron chi connectivity index (χ2n) is 5.41. The number of anilines is 2. The Labute approximate surface area is 121 Å². The van der Waals surface area contributed by atoms with Crippen molar-refractivity contribution in [1.82, 2.24) is 4.90 Å². The average Bonchev–Trinajstić information content (AvgIpc) is 2.39. The van der Waals surface area contributed by atoms with Gasteiger partial charge in [-0.25, -0.2) is 0 Å². The third-order valence-electron chi connectivity index (χ3n) is 3.83. The first-order valence-electron chi connectivity index (χ1n) is 7.06. The van der Waals surface area contributed by atoms with Gasteiger partial charge >= 0.3 is 0 Å². The summed E-state index contributed by atoms with van der Waals surface area (Å²) in [6.07, 6.45) is 2.40. The predicted octanol–water partition coefficient (Wildman–Crippen LogP) is 3.30. The lowest BCUT2D eigenvalue weighted by Gasteiger charge is -2.33. The Hall–Kier alpha value is -0.930. The van der Waals surface area contributed by atoms with Crippen LogP contribution in [0.1, 0.15) is 19.8 Å². The first-order valence-corrected chi connectivity index (χ1v) is 7.43. The van der Waals surface area contributed by atoms with Crippen LogP contribution in [-0.4, -0.2) is 44.7 Å². The monoisotopic (exact) mass is 281 g/mol. The number of likely N-dealkylation sites (tertiary alicyclic amines) is 1. The van der Waals surface area contributed by atoms with Gasteiger partial charge in [0.05, 0.1) is 11.4 Å². The van der Waals surface area contributed by atoms with Crippen molar-refractivity contribution in [2.24, 2.45) is 0 Å². The van der Waals surface area contributed by atoms with Gasteiger partial charge in [-0.15, -0.1) is 0 Å². The molecule has 0 spiro atoms. The van der Waals surface area contributed by atoms with Crippen molar-refractivity contribution >= 4 is 23.0 Å². The molecule has 0 aliphatic carbocycles. The van der Waals surface area contributed by atoms with Crippen LogP contribution in [0.15, 0.2) is 18.2 Å².